The molecule has 0 aliphatic heterocycles. The van der Waals surface area contributed by atoms with Crippen LogP contribution < -0.4 is 0 Å². The fraction of sp³-hybridized carbons (Fsp3) is 0.214. The third-order valence-corrected chi connectivity index (χ3v) is 3.67. The molecule has 0 fully saturated rings. The number of halogens is 1. The second kappa shape index (κ2) is 4.31. The minimum Gasteiger partial charge on any atom is -0.481 e. The quantitative estimate of drug-likeness (QED) is 0.783. The zero-order valence-corrected chi connectivity index (χ0v) is 10.9. The van der Waals surface area contributed by atoms with Gasteiger partial charge in [-0.3, -0.25) is 4.79 Å². The minimum absolute atomic E-state index is 0.368. The number of carbonyl (C=O) groups is 1. The molecule has 0 radical (unpaired) electrons. The fourth-order valence-corrected chi connectivity index (χ4v) is 2.57. The van der Waals surface area contributed by atoms with Crippen LogP contribution in [0.3, 0.4) is 0 Å². The van der Waals surface area contributed by atoms with E-state index < -0.39 is 11.9 Å². The maximum Gasteiger partial charge on any atom is 0.306 e. The lowest BCUT2D eigenvalue weighted by Gasteiger charge is -2.09. The molecule has 0 aliphatic rings. The van der Waals surface area contributed by atoms with Crippen LogP contribution in [0.5, 0.6) is 0 Å². The van der Waals surface area contributed by atoms with E-state index in [-0.39, 0.29) is 0 Å². The Morgan fingerprint density at radius 1 is 1.26 bits per heavy atom. The first-order valence-electron chi connectivity index (χ1n) is 5.87. The van der Waals surface area contributed by atoms with Crippen molar-refractivity contribution in [2.24, 2.45) is 5.92 Å². The van der Waals surface area contributed by atoms with Crippen LogP contribution in [0.4, 0.5) is 0 Å². The van der Waals surface area contributed by atoms with E-state index in [0.29, 0.717) is 22.6 Å². The number of fused-ring (bicyclic) bond motifs is 2. The summed E-state index contributed by atoms with van der Waals surface area (Å²) in [5.74, 6) is -1.35. The van der Waals surface area contributed by atoms with Crippen molar-refractivity contribution in [2.75, 3.05) is 0 Å². The summed E-state index contributed by atoms with van der Waals surface area (Å²) in [5, 5.41) is 11.1. The Morgan fingerprint density at radius 2 is 1.89 bits per heavy atom. The van der Waals surface area contributed by atoms with E-state index in [0.717, 1.165) is 16.3 Å². The van der Waals surface area contributed by atoms with Gasteiger partial charge in [0.1, 0.15) is 5.58 Å². The molecule has 1 atom stereocenters. The molecular formula is C14H11ClO4. The number of carboxylic acid groups (broad SMARTS) is 1. The Bertz CT molecular complexity index is 717. The number of carboxylic acids is 1. The summed E-state index contributed by atoms with van der Waals surface area (Å²) in [7, 11) is 0. The largest absolute Gasteiger partial charge is 0.481 e. The van der Waals surface area contributed by atoms with Crippen molar-refractivity contribution in [3.63, 3.8) is 0 Å². The van der Waals surface area contributed by atoms with Gasteiger partial charge in [0, 0.05) is 16.3 Å². The molecule has 3 aromatic rings. The van der Waals surface area contributed by atoms with E-state index in [2.05, 4.69) is 0 Å². The zero-order valence-electron chi connectivity index (χ0n) is 10.1. The van der Waals surface area contributed by atoms with Crippen molar-refractivity contribution in [3.05, 3.63) is 35.2 Å². The SMILES string of the molecule is CC(Cc1c2ccoc2c(Cl)c2ccoc12)C(=O)O. The highest BCUT2D eigenvalue weighted by molar-refractivity contribution is 6.40. The third kappa shape index (κ3) is 1.79. The van der Waals surface area contributed by atoms with Crippen molar-refractivity contribution in [1.82, 2.24) is 0 Å². The fourth-order valence-electron chi connectivity index (χ4n) is 2.27. The average molecular weight is 279 g/mol. The lowest BCUT2D eigenvalue weighted by Crippen LogP contribution is -2.12. The van der Waals surface area contributed by atoms with E-state index in [4.69, 9.17) is 25.5 Å². The second-order valence-corrected chi connectivity index (χ2v) is 4.94. The molecule has 1 N–H and O–H groups in total. The van der Waals surface area contributed by atoms with Crippen LogP contribution >= 0.6 is 11.6 Å². The Labute approximate surface area is 113 Å². The molecule has 4 nitrogen and oxygen atoms in total. The summed E-state index contributed by atoms with van der Waals surface area (Å²) in [6.45, 7) is 1.66. The molecule has 0 amide bonds. The molecule has 98 valence electrons. The molecule has 0 aliphatic carbocycles. The van der Waals surface area contributed by atoms with Gasteiger partial charge in [-0.25, -0.2) is 0 Å². The van der Waals surface area contributed by atoms with Crippen molar-refractivity contribution < 1.29 is 18.7 Å². The van der Waals surface area contributed by atoms with Crippen molar-refractivity contribution in [3.8, 4) is 0 Å². The molecular weight excluding hydrogens is 268 g/mol. The van der Waals surface area contributed by atoms with Crippen LogP contribution in [-0.2, 0) is 11.2 Å². The summed E-state index contributed by atoms with van der Waals surface area (Å²) < 4.78 is 10.9. The van der Waals surface area contributed by atoms with Crippen molar-refractivity contribution >= 4 is 39.5 Å². The van der Waals surface area contributed by atoms with E-state index >= 15 is 0 Å². The predicted molar refractivity (Wildman–Crippen MR) is 71.5 cm³/mol. The molecule has 0 saturated carbocycles. The van der Waals surface area contributed by atoms with Crippen LogP contribution in [-0.4, -0.2) is 11.1 Å². The van der Waals surface area contributed by atoms with Gasteiger partial charge >= 0.3 is 5.97 Å². The number of benzene rings is 1. The van der Waals surface area contributed by atoms with E-state index in [1.165, 1.54) is 0 Å². The molecule has 1 unspecified atom stereocenters. The molecule has 1 aromatic carbocycles. The summed E-state index contributed by atoms with van der Waals surface area (Å²) >= 11 is 6.26. The Kier molecular flexibility index (Phi) is 2.75. The standard InChI is InChI=1S/C14H11ClO4/c1-7(14(16)17)6-10-8-2-4-19-13(8)11(15)9-3-5-18-12(9)10/h2-5,7H,6H2,1H3,(H,16,17). The molecule has 5 heteroatoms. The lowest BCUT2D eigenvalue weighted by atomic mass is 9.97. The highest BCUT2D eigenvalue weighted by Crippen LogP contribution is 2.38. The van der Waals surface area contributed by atoms with Gasteiger partial charge in [-0.15, -0.1) is 0 Å². The van der Waals surface area contributed by atoms with Gasteiger partial charge in [-0.05, 0) is 18.6 Å². The first-order valence-corrected chi connectivity index (χ1v) is 6.25. The van der Waals surface area contributed by atoms with E-state index in [9.17, 15) is 4.79 Å². The van der Waals surface area contributed by atoms with Gasteiger partial charge in [0.2, 0.25) is 0 Å². The highest BCUT2D eigenvalue weighted by Gasteiger charge is 2.21. The second-order valence-electron chi connectivity index (χ2n) is 4.56. The molecule has 3 rings (SSSR count). The first-order chi connectivity index (χ1) is 9.09. The van der Waals surface area contributed by atoms with Crippen LogP contribution in [0, 0.1) is 5.92 Å². The van der Waals surface area contributed by atoms with E-state index in [1.54, 1.807) is 31.6 Å². The monoisotopic (exact) mass is 278 g/mol. The number of furan rings is 2. The van der Waals surface area contributed by atoms with Crippen LogP contribution in [0.25, 0.3) is 21.9 Å². The van der Waals surface area contributed by atoms with Gasteiger partial charge in [0.05, 0.1) is 23.5 Å². The molecule has 0 saturated heterocycles. The molecule has 0 bridgehead atoms. The van der Waals surface area contributed by atoms with Crippen LogP contribution in [0.2, 0.25) is 5.02 Å². The molecule has 0 spiro atoms. The molecule has 19 heavy (non-hydrogen) atoms. The van der Waals surface area contributed by atoms with E-state index in [1.807, 2.05) is 0 Å². The van der Waals surface area contributed by atoms with Gasteiger partial charge in [-0.1, -0.05) is 18.5 Å². The summed E-state index contributed by atoms with van der Waals surface area (Å²) in [6.07, 6.45) is 3.46. The van der Waals surface area contributed by atoms with Crippen LogP contribution in [0.1, 0.15) is 12.5 Å². The van der Waals surface area contributed by atoms with Crippen LogP contribution in [0.15, 0.2) is 33.5 Å². The number of rotatable bonds is 3. The van der Waals surface area contributed by atoms with Gasteiger partial charge in [-0.2, -0.15) is 0 Å². The van der Waals surface area contributed by atoms with Gasteiger partial charge in [0.15, 0.2) is 5.58 Å². The lowest BCUT2D eigenvalue weighted by molar-refractivity contribution is -0.141. The summed E-state index contributed by atoms with van der Waals surface area (Å²) in [5.41, 5.74) is 2.03. The first kappa shape index (κ1) is 12.1. The Balaban J connectivity index is 2.29. The van der Waals surface area contributed by atoms with Crippen molar-refractivity contribution in [2.45, 2.75) is 13.3 Å². The number of hydrogen-bond acceptors (Lipinski definition) is 3. The Hall–Kier alpha value is -1.94. The normalized spacial score (nSPS) is 13.2. The number of aliphatic carboxylic acids is 1. The summed E-state index contributed by atoms with van der Waals surface area (Å²) in [6, 6.07) is 3.54. The molecule has 2 aromatic heterocycles. The minimum atomic E-state index is -0.841. The molecule has 2 heterocycles. The predicted octanol–water partition coefficient (Wildman–Crippen LogP) is 4.10. The topological polar surface area (TPSA) is 63.6 Å². The third-order valence-electron chi connectivity index (χ3n) is 3.30. The maximum atomic E-state index is 11.0. The highest BCUT2D eigenvalue weighted by atomic mass is 35.5. The van der Waals surface area contributed by atoms with Gasteiger partial charge < -0.3 is 13.9 Å². The Morgan fingerprint density at radius 3 is 2.58 bits per heavy atom. The van der Waals surface area contributed by atoms with Gasteiger partial charge in [0.25, 0.3) is 0 Å². The maximum absolute atomic E-state index is 11.0. The van der Waals surface area contributed by atoms with Crippen molar-refractivity contribution in [1.29, 1.82) is 0 Å². The zero-order chi connectivity index (χ0) is 13.6. The smallest absolute Gasteiger partial charge is 0.306 e. The summed E-state index contributed by atoms with van der Waals surface area (Å²) in [4.78, 5) is 11.0. The number of hydrogen-bond donors (Lipinski definition) is 1. The average Bonchev–Trinajstić information content (AvgIpc) is 3.02.